The number of carbonyl (C=O) groups is 5. The maximum absolute atomic E-state index is 13.1. The number of amides is 2. The average molecular weight is 497 g/mol. The number of nitrogens with zero attached hydrogens (tertiary/aromatic N) is 3. The molecule has 0 fully saturated rings. The van der Waals surface area contributed by atoms with Gasteiger partial charge in [0.2, 0.25) is 5.91 Å². The van der Waals surface area contributed by atoms with Crippen molar-refractivity contribution < 1.29 is 43.7 Å². The van der Waals surface area contributed by atoms with Gasteiger partial charge in [0.15, 0.2) is 0 Å². The third kappa shape index (κ3) is 7.69. The van der Waals surface area contributed by atoms with E-state index >= 15 is 0 Å². The van der Waals surface area contributed by atoms with Gasteiger partial charge in [-0.2, -0.15) is 0 Å². The van der Waals surface area contributed by atoms with Gasteiger partial charge in [-0.25, -0.2) is 23.9 Å². The molecular formula is C22H32N4O9. The van der Waals surface area contributed by atoms with Gasteiger partial charge in [-0.15, -0.1) is 0 Å². The van der Waals surface area contributed by atoms with Gasteiger partial charge < -0.3 is 25.0 Å². The molecule has 2 heterocycles. The van der Waals surface area contributed by atoms with Crippen molar-refractivity contribution in [2.45, 2.75) is 90.6 Å². The normalized spacial score (nSPS) is 16.6. The molecule has 2 rings (SSSR count). The Bertz CT molecular complexity index is 1000. The molecule has 1 aromatic rings. The second-order valence-electron chi connectivity index (χ2n) is 10.1. The Kier molecular flexibility index (Phi) is 8.14. The van der Waals surface area contributed by atoms with E-state index in [1.807, 2.05) is 0 Å². The zero-order valence-electron chi connectivity index (χ0n) is 20.7. The largest absolute Gasteiger partial charge is 0.481 e. The van der Waals surface area contributed by atoms with Crippen molar-refractivity contribution in [3.63, 3.8) is 0 Å². The maximum atomic E-state index is 13.1. The summed E-state index contributed by atoms with van der Waals surface area (Å²) in [6, 6.07) is -2.68. The van der Waals surface area contributed by atoms with Crippen molar-refractivity contribution in [3.8, 4) is 0 Å². The fraction of sp³-hybridized carbons (Fsp3) is 0.636. The van der Waals surface area contributed by atoms with Crippen LogP contribution in [0.5, 0.6) is 0 Å². The molecule has 2 atom stereocenters. The first-order chi connectivity index (χ1) is 16.0. The molecule has 0 aliphatic carbocycles. The van der Waals surface area contributed by atoms with E-state index in [-0.39, 0.29) is 19.4 Å². The average Bonchev–Trinajstić information content (AvgIpc) is 3.10. The fourth-order valence-electron chi connectivity index (χ4n) is 3.32. The van der Waals surface area contributed by atoms with Crippen LogP contribution < -0.4 is 5.32 Å². The van der Waals surface area contributed by atoms with Crippen molar-refractivity contribution >= 4 is 30.0 Å². The lowest BCUT2D eigenvalue weighted by Crippen LogP contribution is -2.56. The summed E-state index contributed by atoms with van der Waals surface area (Å²) >= 11 is 0. The summed E-state index contributed by atoms with van der Waals surface area (Å²) in [6.45, 7) is 9.81. The van der Waals surface area contributed by atoms with E-state index < -0.39 is 59.7 Å². The minimum absolute atomic E-state index is 0.124. The quantitative estimate of drug-likeness (QED) is 0.526. The molecule has 13 nitrogen and oxygen atoms in total. The molecule has 0 saturated heterocycles. The highest BCUT2D eigenvalue weighted by atomic mass is 16.6. The smallest absolute Gasteiger partial charge is 0.420 e. The first kappa shape index (κ1) is 27.6. The highest BCUT2D eigenvalue weighted by Crippen LogP contribution is 2.26. The molecule has 0 radical (unpaired) electrons. The van der Waals surface area contributed by atoms with E-state index in [4.69, 9.17) is 14.6 Å². The zero-order valence-corrected chi connectivity index (χ0v) is 20.7. The molecule has 3 N–H and O–H groups in total. The van der Waals surface area contributed by atoms with Crippen molar-refractivity contribution in [1.29, 1.82) is 0 Å². The van der Waals surface area contributed by atoms with Crippen LogP contribution in [0.25, 0.3) is 0 Å². The second kappa shape index (κ2) is 10.3. The van der Waals surface area contributed by atoms with Crippen LogP contribution in [-0.4, -0.2) is 78.0 Å². The summed E-state index contributed by atoms with van der Waals surface area (Å²) in [4.78, 5) is 66.4. The predicted octanol–water partition coefficient (Wildman–Crippen LogP) is 1.76. The van der Waals surface area contributed by atoms with Crippen LogP contribution in [0.3, 0.4) is 0 Å². The number of nitrogens with one attached hydrogen (secondary N) is 1. The monoisotopic (exact) mass is 496 g/mol. The summed E-state index contributed by atoms with van der Waals surface area (Å²) < 4.78 is 12.0. The summed E-state index contributed by atoms with van der Waals surface area (Å²) in [6.07, 6.45) is -1.26. The van der Waals surface area contributed by atoms with Crippen LogP contribution in [0.15, 0.2) is 6.33 Å². The molecule has 0 bridgehead atoms. The van der Waals surface area contributed by atoms with Gasteiger partial charge in [0.1, 0.15) is 29.6 Å². The van der Waals surface area contributed by atoms with Crippen molar-refractivity contribution in [2.24, 2.45) is 0 Å². The number of carboxylic acids is 2. The molecule has 0 spiro atoms. The van der Waals surface area contributed by atoms with E-state index in [2.05, 4.69) is 10.3 Å². The molecule has 0 unspecified atom stereocenters. The standard InChI is InChI=1S/C22H32N4O9/c1-21(2,3)34-19(32)25-10-15-13(23-11-26(15)20(33)35-22(4,5)6)9-14(25)17(29)24-12(18(30)31)7-8-16(27)28/h11-12,14H,7-10H2,1-6H3,(H,24,29)(H,27,28)(H,30,31)/t12-,14-/m0/s1. The number of fused-ring (bicyclic) bond motifs is 1. The van der Waals surface area contributed by atoms with Crippen molar-refractivity contribution in [1.82, 2.24) is 19.8 Å². The van der Waals surface area contributed by atoms with Gasteiger partial charge >= 0.3 is 24.1 Å². The van der Waals surface area contributed by atoms with Crippen molar-refractivity contribution in [3.05, 3.63) is 17.7 Å². The van der Waals surface area contributed by atoms with Gasteiger partial charge in [0, 0.05) is 12.8 Å². The van der Waals surface area contributed by atoms with Crippen LogP contribution in [-0.2, 0) is 36.8 Å². The Labute approximate surface area is 202 Å². The Morgan fingerprint density at radius 1 is 1.06 bits per heavy atom. The van der Waals surface area contributed by atoms with E-state index in [1.54, 1.807) is 41.5 Å². The van der Waals surface area contributed by atoms with Gasteiger partial charge in [0.25, 0.3) is 0 Å². The van der Waals surface area contributed by atoms with E-state index in [0.717, 1.165) is 9.47 Å². The number of hydrogen-bond acceptors (Lipinski definition) is 8. The number of imidazole rings is 1. The fourth-order valence-corrected chi connectivity index (χ4v) is 3.32. The summed E-state index contributed by atoms with van der Waals surface area (Å²) in [5.41, 5.74) is -0.990. The number of carbonyl (C=O) groups excluding carboxylic acids is 3. The Morgan fingerprint density at radius 3 is 2.14 bits per heavy atom. The molecule has 13 heteroatoms. The number of carboxylic acid groups (broad SMARTS) is 2. The van der Waals surface area contributed by atoms with Gasteiger partial charge in [-0.3, -0.25) is 14.5 Å². The Morgan fingerprint density at radius 2 is 1.63 bits per heavy atom. The predicted molar refractivity (Wildman–Crippen MR) is 120 cm³/mol. The van der Waals surface area contributed by atoms with Crippen LogP contribution in [0.2, 0.25) is 0 Å². The first-order valence-electron chi connectivity index (χ1n) is 11.0. The summed E-state index contributed by atoms with van der Waals surface area (Å²) in [5, 5.41) is 20.6. The van der Waals surface area contributed by atoms with Gasteiger partial charge in [-0.05, 0) is 48.0 Å². The second-order valence-corrected chi connectivity index (χ2v) is 10.1. The van der Waals surface area contributed by atoms with Crippen LogP contribution in [0, 0.1) is 0 Å². The lowest BCUT2D eigenvalue weighted by atomic mass is 10.0. The van der Waals surface area contributed by atoms with Crippen molar-refractivity contribution in [2.75, 3.05) is 0 Å². The Balaban J connectivity index is 2.37. The lowest BCUT2D eigenvalue weighted by Gasteiger charge is -2.36. The number of hydrogen-bond donors (Lipinski definition) is 3. The third-order valence-electron chi connectivity index (χ3n) is 4.82. The number of aromatic nitrogens is 2. The zero-order chi connectivity index (χ0) is 26.7. The van der Waals surface area contributed by atoms with Crippen LogP contribution >= 0.6 is 0 Å². The molecular weight excluding hydrogens is 464 g/mol. The van der Waals surface area contributed by atoms with E-state index in [1.165, 1.54) is 6.33 Å². The molecule has 0 aromatic carbocycles. The van der Waals surface area contributed by atoms with Gasteiger partial charge in [0.05, 0.1) is 17.9 Å². The summed E-state index contributed by atoms with van der Waals surface area (Å²) in [5.74, 6) is -3.43. The highest BCUT2D eigenvalue weighted by molar-refractivity contribution is 5.90. The van der Waals surface area contributed by atoms with E-state index in [0.29, 0.717) is 11.4 Å². The van der Waals surface area contributed by atoms with Gasteiger partial charge in [-0.1, -0.05) is 0 Å². The Hall–Kier alpha value is -3.64. The molecule has 35 heavy (non-hydrogen) atoms. The minimum Gasteiger partial charge on any atom is -0.481 e. The van der Waals surface area contributed by atoms with Crippen LogP contribution in [0.4, 0.5) is 9.59 Å². The molecule has 2 amide bonds. The van der Waals surface area contributed by atoms with Crippen LogP contribution in [0.1, 0.15) is 65.8 Å². The highest BCUT2D eigenvalue weighted by Gasteiger charge is 2.41. The van der Waals surface area contributed by atoms with E-state index in [9.17, 15) is 29.1 Å². The number of aliphatic carboxylic acids is 2. The maximum Gasteiger partial charge on any atom is 0.420 e. The molecule has 194 valence electrons. The third-order valence-corrected chi connectivity index (χ3v) is 4.82. The number of ether oxygens (including phenoxy) is 2. The molecule has 1 aromatic heterocycles. The minimum atomic E-state index is -1.47. The molecule has 0 saturated carbocycles. The topological polar surface area (TPSA) is 177 Å². The number of rotatable bonds is 6. The SMILES string of the molecule is CC(C)(C)OC(=O)N1Cc2c(ncn2C(=O)OC(C)(C)C)C[C@H]1C(=O)N[C@@H](CCC(=O)O)C(=O)O. The first-order valence-corrected chi connectivity index (χ1v) is 11.0. The molecule has 1 aliphatic heterocycles. The summed E-state index contributed by atoms with van der Waals surface area (Å²) in [7, 11) is 0. The lowest BCUT2D eigenvalue weighted by molar-refractivity contribution is -0.144. The molecule has 1 aliphatic rings.